The Labute approximate surface area is 123 Å². The summed E-state index contributed by atoms with van der Waals surface area (Å²) in [6.07, 6.45) is 3.03. The molecule has 6 nitrogen and oxygen atoms in total. The Kier molecular flexibility index (Phi) is 4.24. The predicted molar refractivity (Wildman–Crippen MR) is 74.7 cm³/mol. The molecule has 0 bridgehead atoms. The summed E-state index contributed by atoms with van der Waals surface area (Å²) in [4.78, 5) is 27.9. The summed E-state index contributed by atoms with van der Waals surface area (Å²) in [6, 6.07) is 3.37. The molecule has 0 radical (unpaired) electrons. The highest BCUT2D eigenvalue weighted by Crippen LogP contribution is 2.18. The van der Waals surface area contributed by atoms with Crippen molar-refractivity contribution in [2.45, 2.75) is 12.8 Å². The maximum atomic E-state index is 12.2. The normalized spacial score (nSPS) is 22.6. The Morgan fingerprint density at radius 3 is 2.57 bits per heavy atom. The summed E-state index contributed by atoms with van der Waals surface area (Å²) in [5, 5.41) is 0. The number of rotatable bonds is 3. The van der Waals surface area contributed by atoms with Crippen molar-refractivity contribution in [1.82, 2.24) is 9.80 Å². The van der Waals surface area contributed by atoms with Crippen molar-refractivity contribution in [2.75, 3.05) is 39.4 Å². The molecule has 1 aromatic heterocycles. The van der Waals surface area contributed by atoms with Crippen LogP contribution in [0.4, 0.5) is 0 Å². The van der Waals surface area contributed by atoms with Crippen LogP contribution in [-0.4, -0.2) is 61.0 Å². The third-order valence-corrected chi connectivity index (χ3v) is 4.14. The van der Waals surface area contributed by atoms with E-state index in [0.717, 1.165) is 13.0 Å². The van der Waals surface area contributed by atoms with Crippen LogP contribution in [0.5, 0.6) is 0 Å². The first-order chi connectivity index (χ1) is 10.2. The molecule has 0 N–H and O–H groups in total. The van der Waals surface area contributed by atoms with Crippen LogP contribution < -0.4 is 0 Å². The van der Waals surface area contributed by atoms with Gasteiger partial charge in [0, 0.05) is 45.8 Å². The van der Waals surface area contributed by atoms with Gasteiger partial charge in [0.25, 0.3) is 5.91 Å². The van der Waals surface area contributed by atoms with Gasteiger partial charge in [0.2, 0.25) is 5.91 Å². The van der Waals surface area contributed by atoms with Crippen LogP contribution in [0.3, 0.4) is 0 Å². The van der Waals surface area contributed by atoms with E-state index in [0.29, 0.717) is 50.9 Å². The average molecular weight is 292 g/mol. The van der Waals surface area contributed by atoms with E-state index in [4.69, 9.17) is 9.15 Å². The number of amides is 2. The summed E-state index contributed by atoms with van der Waals surface area (Å²) in [5.74, 6) is 0.796. The van der Waals surface area contributed by atoms with Gasteiger partial charge in [0.1, 0.15) is 0 Å². The second-order valence-electron chi connectivity index (χ2n) is 5.58. The molecular weight excluding hydrogens is 272 g/mol. The number of piperazine rings is 1. The summed E-state index contributed by atoms with van der Waals surface area (Å²) in [7, 11) is 0. The molecule has 0 aromatic carbocycles. The van der Waals surface area contributed by atoms with Gasteiger partial charge in [-0.05, 0) is 24.5 Å². The van der Waals surface area contributed by atoms with Crippen LogP contribution in [0.15, 0.2) is 22.8 Å². The standard InChI is InChI=1S/C15H20N2O4/c18-14(10-12-3-9-20-11-12)16-4-6-17(7-5-16)15(19)13-2-1-8-21-13/h1-2,8,12H,3-7,9-11H2. The number of nitrogens with zero attached hydrogens (tertiary/aromatic N) is 2. The first-order valence-corrected chi connectivity index (χ1v) is 7.42. The molecule has 2 fully saturated rings. The van der Waals surface area contributed by atoms with E-state index in [1.807, 2.05) is 4.90 Å². The maximum absolute atomic E-state index is 12.2. The van der Waals surface area contributed by atoms with Crippen LogP contribution >= 0.6 is 0 Å². The molecule has 6 heteroatoms. The highest BCUT2D eigenvalue weighted by molar-refractivity contribution is 5.91. The molecular formula is C15H20N2O4. The number of carbonyl (C=O) groups excluding carboxylic acids is 2. The minimum Gasteiger partial charge on any atom is -0.459 e. The van der Waals surface area contributed by atoms with Gasteiger partial charge < -0.3 is 19.0 Å². The fourth-order valence-corrected chi connectivity index (χ4v) is 2.84. The molecule has 0 spiro atoms. The minimum atomic E-state index is -0.101. The van der Waals surface area contributed by atoms with E-state index in [-0.39, 0.29) is 11.8 Å². The average Bonchev–Trinajstić information content (AvgIpc) is 3.20. The van der Waals surface area contributed by atoms with Crippen molar-refractivity contribution in [2.24, 2.45) is 5.92 Å². The van der Waals surface area contributed by atoms with Gasteiger partial charge in [-0.15, -0.1) is 0 Å². The zero-order chi connectivity index (χ0) is 14.7. The number of hydrogen-bond acceptors (Lipinski definition) is 4. The molecule has 1 unspecified atom stereocenters. The van der Waals surface area contributed by atoms with E-state index in [1.165, 1.54) is 6.26 Å². The zero-order valence-electron chi connectivity index (χ0n) is 12.0. The molecule has 2 aliphatic heterocycles. The third kappa shape index (κ3) is 3.26. The van der Waals surface area contributed by atoms with Crippen molar-refractivity contribution in [3.8, 4) is 0 Å². The molecule has 2 aliphatic rings. The topological polar surface area (TPSA) is 63.0 Å². The Bertz CT molecular complexity index is 486. The van der Waals surface area contributed by atoms with Crippen molar-refractivity contribution in [1.29, 1.82) is 0 Å². The molecule has 114 valence electrons. The van der Waals surface area contributed by atoms with E-state index >= 15 is 0 Å². The quantitative estimate of drug-likeness (QED) is 0.833. The second-order valence-corrected chi connectivity index (χ2v) is 5.58. The van der Waals surface area contributed by atoms with E-state index in [1.54, 1.807) is 17.0 Å². The van der Waals surface area contributed by atoms with Crippen LogP contribution in [0.25, 0.3) is 0 Å². The van der Waals surface area contributed by atoms with Gasteiger partial charge in [-0.25, -0.2) is 0 Å². The van der Waals surface area contributed by atoms with Crippen molar-refractivity contribution < 1.29 is 18.7 Å². The lowest BCUT2D eigenvalue weighted by Gasteiger charge is -2.34. The van der Waals surface area contributed by atoms with Crippen LogP contribution in [0.2, 0.25) is 0 Å². The molecule has 0 aliphatic carbocycles. The molecule has 2 amide bonds. The summed E-state index contributed by atoms with van der Waals surface area (Å²) >= 11 is 0. The van der Waals surface area contributed by atoms with Gasteiger partial charge >= 0.3 is 0 Å². The molecule has 1 aromatic rings. The summed E-state index contributed by atoms with van der Waals surface area (Å²) in [6.45, 7) is 3.78. The highest BCUT2D eigenvalue weighted by atomic mass is 16.5. The number of hydrogen-bond donors (Lipinski definition) is 0. The number of furan rings is 1. The fourth-order valence-electron chi connectivity index (χ4n) is 2.84. The molecule has 3 rings (SSSR count). The lowest BCUT2D eigenvalue weighted by Crippen LogP contribution is -2.50. The Hall–Kier alpha value is -1.82. The van der Waals surface area contributed by atoms with Crippen molar-refractivity contribution in [3.05, 3.63) is 24.2 Å². The van der Waals surface area contributed by atoms with Crippen LogP contribution in [0, 0.1) is 5.92 Å². The molecule has 3 heterocycles. The largest absolute Gasteiger partial charge is 0.459 e. The first kappa shape index (κ1) is 14.1. The minimum absolute atomic E-state index is 0.101. The monoisotopic (exact) mass is 292 g/mol. The Balaban J connectivity index is 1.48. The summed E-state index contributed by atoms with van der Waals surface area (Å²) in [5.41, 5.74) is 0. The Morgan fingerprint density at radius 2 is 1.95 bits per heavy atom. The van der Waals surface area contributed by atoms with Gasteiger partial charge in [0.15, 0.2) is 5.76 Å². The van der Waals surface area contributed by atoms with Gasteiger partial charge in [0.05, 0.1) is 6.26 Å². The lowest BCUT2D eigenvalue weighted by atomic mass is 10.0. The van der Waals surface area contributed by atoms with Crippen LogP contribution in [0.1, 0.15) is 23.4 Å². The van der Waals surface area contributed by atoms with E-state index < -0.39 is 0 Å². The van der Waals surface area contributed by atoms with Crippen molar-refractivity contribution in [3.63, 3.8) is 0 Å². The van der Waals surface area contributed by atoms with Gasteiger partial charge in [-0.2, -0.15) is 0 Å². The molecule has 1 atom stereocenters. The summed E-state index contributed by atoms with van der Waals surface area (Å²) < 4.78 is 10.4. The van der Waals surface area contributed by atoms with Crippen LogP contribution in [-0.2, 0) is 9.53 Å². The Morgan fingerprint density at radius 1 is 1.19 bits per heavy atom. The SMILES string of the molecule is O=C(CC1CCOC1)N1CCN(C(=O)c2ccco2)CC1. The lowest BCUT2D eigenvalue weighted by molar-refractivity contribution is -0.133. The smallest absolute Gasteiger partial charge is 0.289 e. The fraction of sp³-hybridized carbons (Fsp3) is 0.600. The predicted octanol–water partition coefficient (Wildman–Crippen LogP) is 0.991. The molecule has 0 saturated carbocycles. The molecule has 21 heavy (non-hydrogen) atoms. The van der Waals surface area contributed by atoms with Gasteiger partial charge in [-0.3, -0.25) is 9.59 Å². The third-order valence-electron chi connectivity index (χ3n) is 4.14. The number of carbonyl (C=O) groups is 2. The first-order valence-electron chi connectivity index (χ1n) is 7.42. The zero-order valence-corrected chi connectivity index (χ0v) is 12.0. The van der Waals surface area contributed by atoms with Crippen molar-refractivity contribution >= 4 is 11.8 Å². The maximum Gasteiger partial charge on any atom is 0.289 e. The molecule has 2 saturated heterocycles. The second kappa shape index (κ2) is 6.30. The highest BCUT2D eigenvalue weighted by Gasteiger charge is 2.28. The number of ether oxygens (including phenoxy) is 1. The van der Waals surface area contributed by atoms with E-state index in [9.17, 15) is 9.59 Å². The van der Waals surface area contributed by atoms with Gasteiger partial charge in [-0.1, -0.05) is 0 Å². The van der Waals surface area contributed by atoms with E-state index in [2.05, 4.69) is 0 Å².